The van der Waals surface area contributed by atoms with E-state index in [1.165, 1.54) is 11.3 Å². The van der Waals surface area contributed by atoms with Crippen molar-refractivity contribution in [3.8, 4) is 0 Å². The monoisotopic (exact) mass is 402 g/mol. The second kappa shape index (κ2) is 7.11. The van der Waals surface area contributed by atoms with Gasteiger partial charge in [0.15, 0.2) is 10.9 Å². The fraction of sp³-hybridized carbons (Fsp3) is 0.0526. The first-order valence-corrected chi connectivity index (χ1v) is 9.35. The minimum absolute atomic E-state index is 0.251. The molecule has 4 aromatic rings. The molecule has 0 aliphatic heterocycles. The first-order chi connectivity index (χ1) is 12.6. The number of carbonyl (C=O) groups is 1. The average molecular weight is 403 g/mol. The summed E-state index contributed by atoms with van der Waals surface area (Å²) in [6.45, 7) is 0. The molecule has 0 spiro atoms. The van der Waals surface area contributed by atoms with Crippen molar-refractivity contribution in [3.63, 3.8) is 0 Å². The standard InChI is InChI=1S/C19H12Cl2N2O2S/c20-14-6-3-5-12(17(14)21)8-13-10-22-19(26-13)23-18(24)16-9-11-4-1-2-7-15(11)25-16/h1-7,9-10H,8H2,(H,22,23,24). The molecule has 26 heavy (non-hydrogen) atoms. The molecule has 4 nitrogen and oxygen atoms in total. The Hall–Kier alpha value is -2.34. The van der Waals surface area contributed by atoms with Crippen molar-refractivity contribution in [1.29, 1.82) is 0 Å². The van der Waals surface area contributed by atoms with Crippen molar-refractivity contribution in [2.24, 2.45) is 0 Å². The fourth-order valence-corrected chi connectivity index (χ4v) is 3.79. The van der Waals surface area contributed by atoms with Crippen LogP contribution in [0.2, 0.25) is 10.0 Å². The molecule has 0 saturated carbocycles. The summed E-state index contributed by atoms with van der Waals surface area (Å²) in [5.41, 5.74) is 1.59. The third kappa shape index (κ3) is 3.46. The van der Waals surface area contributed by atoms with Crippen molar-refractivity contribution in [3.05, 3.63) is 81.0 Å². The fourth-order valence-electron chi connectivity index (χ4n) is 2.57. The molecule has 2 aromatic heterocycles. The van der Waals surface area contributed by atoms with Gasteiger partial charge in [-0.15, -0.1) is 11.3 Å². The molecule has 0 fully saturated rings. The number of thiazole rings is 1. The molecule has 1 amide bonds. The van der Waals surface area contributed by atoms with Crippen molar-refractivity contribution < 1.29 is 9.21 Å². The zero-order valence-electron chi connectivity index (χ0n) is 13.3. The van der Waals surface area contributed by atoms with E-state index in [1.807, 2.05) is 36.4 Å². The van der Waals surface area contributed by atoms with E-state index in [4.69, 9.17) is 27.6 Å². The number of benzene rings is 2. The van der Waals surface area contributed by atoms with E-state index < -0.39 is 0 Å². The van der Waals surface area contributed by atoms with Gasteiger partial charge in [-0.05, 0) is 23.8 Å². The van der Waals surface area contributed by atoms with Crippen LogP contribution in [0.15, 0.2) is 59.1 Å². The molecular weight excluding hydrogens is 391 g/mol. The third-order valence-corrected chi connectivity index (χ3v) is 5.59. The Balaban J connectivity index is 1.49. The third-order valence-electron chi connectivity index (χ3n) is 3.82. The summed E-state index contributed by atoms with van der Waals surface area (Å²) in [6, 6.07) is 14.7. The Labute approximate surface area is 163 Å². The van der Waals surface area contributed by atoms with Crippen molar-refractivity contribution in [2.45, 2.75) is 6.42 Å². The molecule has 0 bridgehead atoms. The number of furan rings is 1. The van der Waals surface area contributed by atoms with Gasteiger partial charge in [0, 0.05) is 22.9 Å². The summed E-state index contributed by atoms with van der Waals surface area (Å²) in [5.74, 6) is -0.0799. The Morgan fingerprint density at radius 2 is 2.00 bits per heavy atom. The summed E-state index contributed by atoms with van der Waals surface area (Å²) >= 11 is 13.7. The maximum Gasteiger partial charge on any atom is 0.293 e. The van der Waals surface area contributed by atoms with Gasteiger partial charge in [0.25, 0.3) is 5.91 Å². The van der Waals surface area contributed by atoms with E-state index in [9.17, 15) is 4.79 Å². The number of rotatable bonds is 4. The molecule has 2 aromatic carbocycles. The lowest BCUT2D eigenvalue weighted by Gasteiger charge is -2.03. The predicted molar refractivity (Wildman–Crippen MR) is 106 cm³/mol. The summed E-state index contributed by atoms with van der Waals surface area (Å²) in [6.07, 6.45) is 2.31. The smallest absolute Gasteiger partial charge is 0.293 e. The highest BCUT2D eigenvalue weighted by Crippen LogP contribution is 2.30. The van der Waals surface area contributed by atoms with Crippen molar-refractivity contribution >= 4 is 56.5 Å². The van der Waals surface area contributed by atoms with Crippen LogP contribution in [0.5, 0.6) is 0 Å². The van der Waals surface area contributed by atoms with Crippen molar-refractivity contribution in [2.75, 3.05) is 5.32 Å². The number of amides is 1. The average Bonchev–Trinajstić information content (AvgIpc) is 3.25. The van der Waals surface area contributed by atoms with E-state index in [-0.39, 0.29) is 11.7 Å². The van der Waals surface area contributed by atoms with Crippen LogP contribution in [-0.2, 0) is 6.42 Å². The molecule has 4 rings (SSSR count). The molecule has 7 heteroatoms. The zero-order valence-corrected chi connectivity index (χ0v) is 15.7. The predicted octanol–water partition coefficient (Wildman–Crippen LogP) is 6.04. The number of nitrogens with one attached hydrogen (secondary N) is 1. The number of carbonyl (C=O) groups excluding carboxylic acids is 1. The Kier molecular flexibility index (Phi) is 4.68. The lowest BCUT2D eigenvalue weighted by atomic mass is 10.1. The van der Waals surface area contributed by atoms with Gasteiger partial charge < -0.3 is 4.42 Å². The zero-order chi connectivity index (χ0) is 18.1. The largest absolute Gasteiger partial charge is 0.451 e. The Morgan fingerprint density at radius 1 is 1.15 bits per heavy atom. The van der Waals surface area contributed by atoms with Crippen LogP contribution in [0, 0.1) is 0 Å². The highest BCUT2D eigenvalue weighted by Gasteiger charge is 2.15. The highest BCUT2D eigenvalue weighted by molar-refractivity contribution is 7.15. The number of nitrogens with zero attached hydrogens (tertiary/aromatic N) is 1. The lowest BCUT2D eigenvalue weighted by Crippen LogP contribution is -2.10. The molecular formula is C19H12Cl2N2O2S. The van der Waals surface area contributed by atoms with Crippen LogP contribution in [0.3, 0.4) is 0 Å². The molecule has 0 aliphatic rings. The van der Waals surface area contributed by atoms with E-state index in [2.05, 4.69) is 10.3 Å². The van der Waals surface area contributed by atoms with Crippen molar-refractivity contribution in [1.82, 2.24) is 4.98 Å². The number of aromatic nitrogens is 1. The van der Waals surface area contributed by atoms with Gasteiger partial charge in [0.05, 0.1) is 10.0 Å². The lowest BCUT2D eigenvalue weighted by molar-refractivity contribution is 0.0998. The molecule has 0 radical (unpaired) electrons. The van der Waals surface area contributed by atoms with Gasteiger partial charge in [-0.2, -0.15) is 0 Å². The van der Waals surface area contributed by atoms with Crippen LogP contribution < -0.4 is 5.32 Å². The number of para-hydroxylation sites is 1. The van der Waals surface area contributed by atoms with Gasteiger partial charge in [-0.3, -0.25) is 10.1 Å². The number of fused-ring (bicyclic) bond motifs is 1. The number of hydrogen-bond acceptors (Lipinski definition) is 4. The number of anilines is 1. The maximum absolute atomic E-state index is 12.4. The second-order valence-corrected chi connectivity index (χ2v) is 7.52. The highest BCUT2D eigenvalue weighted by atomic mass is 35.5. The van der Waals surface area contributed by atoms with Gasteiger partial charge in [0.1, 0.15) is 5.58 Å². The van der Waals surface area contributed by atoms with Gasteiger partial charge in [0.2, 0.25) is 0 Å². The van der Waals surface area contributed by atoms with Crippen LogP contribution in [-0.4, -0.2) is 10.9 Å². The van der Waals surface area contributed by atoms with E-state index in [0.29, 0.717) is 27.2 Å². The van der Waals surface area contributed by atoms with Crippen LogP contribution in [0.25, 0.3) is 11.0 Å². The normalized spacial score (nSPS) is 11.0. The van der Waals surface area contributed by atoms with Crippen LogP contribution in [0.4, 0.5) is 5.13 Å². The second-order valence-electron chi connectivity index (χ2n) is 5.62. The van der Waals surface area contributed by atoms with Crippen LogP contribution >= 0.6 is 34.5 Å². The van der Waals surface area contributed by atoms with E-state index in [1.54, 1.807) is 18.3 Å². The summed E-state index contributed by atoms with van der Waals surface area (Å²) < 4.78 is 5.57. The van der Waals surface area contributed by atoms with Crippen LogP contribution in [0.1, 0.15) is 21.0 Å². The van der Waals surface area contributed by atoms with Gasteiger partial charge in [-0.1, -0.05) is 53.5 Å². The molecule has 0 aliphatic carbocycles. The summed E-state index contributed by atoms with van der Waals surface area (Å²) in [5, 5.41) is 5.21. The first kappa shape index (κ1) is 17.1. The van der Waals surface area contributed by atoms with E-state index >= 15 is 0 Å². The summed E-state index contributed by atoms with van der Waals surface area (Å²) in [7, 11) is 0. The first-order valence-electron chi connectivity index (χ1n) is 7.77. The van der Waals surface area contributed by atoms with Gasteiger partial charge >= 0.3 is 0 Å². The minimum atomic E-state index is -0.331. The minimum Gasteiger partial charge on any atom is -0.451 e. The quantitative estimate of drug-likeness (QED) is 0.452. The Bertz CT molecular complexity index is 1070. The molecule has 0 saturated heterocycles. The van der Waals surface area contributed by atoms with Gasteiger partial charge in [-0.25, -0.2) is 4.98 Å². The SMILES string of the molecule is O=C(Nc1ncc(Cc2cccc(Cl)c2Cl)s1)c1cc2ccccc2o1. The maximum atomic E-state index is 12.4. The summed E-state index contributed by atoms with van der Waals surface area (Å²) in [4.78, 5) is 17.6. The number of halogens is 2. The van der Waals surface area contributed by atoms with E-state index in [0.717, 1.165) is 15.8 Å². The number of hydrogen-bond donors (Lipinski definition) is 1. The molecule has 2 heterocycles. The molecule has 1 N–H and O–H groups in total. The molecule has 0 atom stereocenters. The Morgan fingerprint density at radius 3 is 2.85 bits per heavy atom. The molecule has 0 unspecified atom stereocenters. The topological polar surface area (TPSA) is 55.1 Å². The molecule has 130 valence electrons.